The highest BCUT2D eigenvalue weighted by Crippen LogP contribution is 2.40. The van der Waals surface area contributed by atoms with Crippen LogP contribution in [-0.2, 0) is 11.3 Å². The van der Waals surface area contributed by atoms with Crippen LogP contribution in [0, 0.1) is 0 Å². The molecule has 0 spiro atoms. The Balaban J connectivity index is 2.06. The van der Waals surface area contributed by atoms with Gasteiger partial charge in [0.05, 0.1) is 6.42 Å². The van der Waals surface area contributed by atoms with Gasteiger partial charge in [-0.15, -0.1) is 13.2 Å². The third-order valence-corrected chi connectivity index (χ3v) is 4.13. The van der Waals surface area contributed by atoms with Gasteiger partial charge in [-0.25, -0.2) is 0 Å². The Morgan fingerprint density at radius 3 is 2.59 bits per heavy atom. The van der Waals surface area contributed by atoms with Gasteiger partial charge < -0.3 is 9.84 Å². The van der Waals surface area contributed by atoms with Crippen LogP contribution in [0.4, 0.5) is 13.2 Å². The fourth-order valence-electron chi connectivity index (χ4n) is 2.84. The standard InChI is InChI=1S/C15H18F3NO3/c1-19(14(6-3-7-14)9-13(20)21)10-11-4-2-5-12(8-11)22-15(16,17)18/h2,4-5,8H,3,6-7,9-10H2,1H3,(H,20,21). The molecule has 0 radical (unpaired) electrons. The molecule has 1 aromatic rings. The first-order chi connectivity index (χ1) is 10.2. The molecule has 0 heterocycles. The van der Waals surface area contributed by atoms with Crippen molar-refractivity contribution in [3.63, 3.8) is 0 Å². The van der Waals surface area contributed by atoms with Gasteiger partial charge in [-0.3, -0.25) is 9.69 Å². The molecule has 2 rings (SSSR count). The number of carboxylic acid groups (broad SMARTS) is 1. The van der Waals surface area contributed by atoms with E-state index < -0.39 is 17.9 Å². The lowest BCUT2D eigenvalue weighted by molar-refractivity contribution is -0.274. The number of halogens is 3. The van der Waals surface area contributed by atoms with E-state index in [1.807, 2.05) is 4.90 Å². The predicted octanol–water partition coefficient (Wildman–Crippen LogP) is 3.41. The van der Waals surface area contributed by atoms with Crippen molar-refractivity contribution in [1.29, 1.82) is 0 Å². The molecule has 122 valence electrons. The van der Waals surface area contributed by atoms with Crippen LogP contribution < -0.4 is 4.74 Å². The third kappa shape index (κ3) is 4.13. The van der Waals surface area contributed by atoms with E-state index in [1.165, 1.54) is 18.2 Å². The Kier molecular flexibility index (Phi) is 4.65. The highest BCUT2D eigenvalue weighted by Gasteiger charge is 2.42. The average molecular weight is 317 g/mol. The van der Waals surface area contributed by atoms with Crippen molar-refractivity contribution in [3.8, 4) is 5.75 Å². The Labute approximate surface area is 126 Å². The van der Waals surface area contributed by atoms with Crippen LogP contribution in [0.15, 0.2) is 24.3 Å². The highest BCUT2D eigenvalue weighted by molar-refractivity contribution is 5.68. The zero-order valence-electron chi connectivity index (χ0n) is 12.2. The van der Waals surface area contributed by atoms with Crippen LogP contribution >= 0.6 is 0 Å². The van der Waals surface area contributed by atoms with Gasteiger partial charge in [0.15, 0.2) is 0 Å². The van der Waals surface area contributed by atoms with Crippen molar-refractivity contribution in [2.24, 2.45) is 0 Å². The number of rotatable bonds is 6. The lowest BCUT2D eigenvalue weighted by Gasteiger charge is -2.48. The molecule has 1 aliphatic carbocycles. The van der Waals surface area contributed by atoms with Crippen molar-refractivity contribution in [2.45, 2.75) is 44.1 Å². The summed E-state index contributed by atoms with van der Waals surface area (Å²) in [5.41, 5.74) is 0.258. The summed E-state index contributed by atoms with van der Waals surface area (Å²) in [5.74, 6) is -1.13. The number of hydrogen-bond donors (Lipinski definition) is 1. The second kappa shape index (κ2) is 6.16. The predicted molar refractivity (Wildman–Crippen MR) is 73.4 cm³/mol. The fraction of sp³-hybridized carbons (Fsp3) is 0.533. The molecule has 1 saturated carbocycles. The number of ether oxygens (including phenoxy) is 1. The number of nitrogens with zero attached hydrogens (tertiary/aromatic N) is 1. The van der Waals surface area contributed by atoms with Crippen LogP contribution in [0.25, 0.3) is 0 Å². The molecule has 0 aliphatic heterocycles. The molecule has 0 amide bonds. The molecule has 0 aromatic heterocycles. The second-order valence-corrected chi connectivity index (χ2v) is 5.70. The van der Waals surface area contributed by atoms with Gasteiger partial charge in [0, 0.05) is 12.1 Å². The molecule has 0 atom stereocenters. The van der Waals surface area contributed by atoms with Crippen molar-refractivity contribution in [1.82, 2.24) is 4.90 Å². The van der Waals surface area contributed by atoms with Gasteiger partial charge in [0.2, 0.25) is 0 Å². The van der Waals surface area contributed by atoms with Crippen molar-refractivity contribution in [2.75, 3.05) is 7.05 Å². The minimum absolute atomic E-state index is 0.0439. The number of aliphatic carboxylic acids is 1. The maximum absolute atomic E-state index is 12.2. The largest absolute Gasteiger partial charge is 0.573 e. The average Bonchev–Trinajstić information content (AvgIpc) is 2.31. The molecule has 1 N–H and O–H groups in total. The number of carbonyl (C=O) groups is 1. The number of alkyl halides is 3. The minimum Gasteiger partial charge on any atom is -0.481 e. The third-order valence-electron chi connectivity index (χ3n) is 4.13. The van der Waals surface area contributed by atoms with Gasteiger partial charge in [-0.05, 0) is 44.0 Å². The van der Waals surface area contributed by atoms with E-state index in [-0.39, 0.29) is 12.2 Å². The van der Waals surface area contributed by atoms with Gasteiger partial charge in [0.25, 0.3) is 0 Å². The van der Waals surface area contributed by atoms with Crippen LogP contribution in [0.3, 0.4) is 0 Å². The molecule has 0 bridgehead atoms. The van der Waals surface area contributed by atoms with E-state index in [0.29, 0.717) is 12.1 Å². The monoisotopic (exact) mass is 317 g/mol. The molecule has 1 aliphatic rings. The first kappa shape index (κ1) is 16.6. The van der Waals surface area contributed by atoms with Gasteiger partial charge in [-0.1, -0.05) is 12.1 Å². The molecule has 1 fully saturated rings. The lowest BCUT2D eigenvalue weighted by Crippen LogP contribution is -2.52. The first-order valence-electron chi connectivity index (χ1n) is 6.98. The van der Waals surface area contributed by atoms with E-state index in [9.17, 15) is 18.0 Å². The summed E-state index contributed by atoms with van der Waals surface area (Å²) in [7, 11) is 1.80. The summed E-state index contributed by atoms with van der Waals surface area (Å²) in [4.78, 5) is 12.9. The first-order valence-corrected chi connectivity index (χ1v) is 6.98. The van der Waals surface area contributed by atoms with Gasteiger partial charge >= 0.3 is 12.3 Å². The van der Waals surface area contributed by atoms with Crippen molar-refractivity contribution < 1.29 is 27.8 Å². The van der Waals surface area contributed by atoms with E-state index >= 15 is 0 Å². The van der Waals surface area contributed by atoms with E-state index in [1.54, 1.807) is 13.1 Å². The normalized spacial score (nSPS) is 17.1. The molecule has 4 nitrogen and oxygen atoms in total. The summed E-state index contributed by atoms with van der Waals surface area (Å²) in [6, 6.07) is 5.77. The maximum Gasteiger partial charge on any atom is 0.573 e. The molecular formula is C15H18F3NO3. The molecule has 0 saturated heterocycles. The summed E-state index contributed by atoms with van der Waals surface area (Å²) in [5, 5.41) is 9.03. The van der Waals surface area contributed by atoms with E-state index in [4.69, 9.17) is 5.11 Å². The van der Waals surface area contributed by atoms with Crippen LogP contribution in [0.5, 0.6) is 5.75 Å². The van der Waals surface area contributed by atoms with Gasteiger partial charge in [-0.2, -0.15) is 0 Å². The van der Waals surface area contributed by atoms with Crippen molar-refractivity contribution >= 4 is 5.97 Å². The molecule has 7 heteroatoms. The van der Waals surface area contributed by atoms with Crippen LogP contribution in [0.1, 0.15) is 31.2 Å². The summed E-state index contributed by atoms with van der Waals surface area (Å²) in [6.07, 6.45) is -2.14. The zero-order chi connectivity index (χ0) is 16.4. The van der Waals surface area contributed by atoms with Gasteiger partial charge in [0.1, 0.15) is 5.75 Å². The van der Waals surface area contributed by atoms with Crippen LogP contribution in [0.2, 0.25) is 0 Å². The molecular weight excluding hydrogens is 299 g/mol. The zero-order valence-corrected chi connectivity index (χ0v) is 12.2. The molecule has 1 aromatic carbocycles. The maximum atomic E-state index is 12.2. The van der Waals surface area contributed by atoms with Crippen molar-refractivity contribution in [3.05, 3.63) is 29.8 Å². The second-order valence-electron chi connectivity index (χ2n) is 5.70. The Morgan fingerprint density at radius 1 is 1.41 bits per heavy atom. The molecule has 0 unspecified atom stereocenters. The summed E-state index contributed by atoms with van der Waals surface area (Å²) >= 11 is 0. The number of carboxylic acids is 1. The van der Waals surface area contributed by atoms with E-state index in [2.05, 4.69) is 4.74 Å². The summed E-state index contributed by atoms with van der Waals surface area (Å²) < 4.78 is 40.6. The lowest BCUT2D eigenvalue weighted by atomic mass is 9.73. The topological polar surface area (TPSA) is 49.8 Å². The molecule has 22 heavy (non-hydrogen) atoms. The Morgan fingerprint density at radius 2 is 2.09 bits per heavy atom. The minimum atomic E-state index is -4.72. The van der Waals surface area contributed by atoms with E-state index in [0.717, 1.165) is 19.3 Å². The Hall–Kier alpha value is -1.76. The Bertz CT molecular complexity index is 541. The number of benzene rings is 1. The number of hydrogen-bond acceptors (Lipinski definition) is 3. The smallest absolute Gasteiger partial charge is 0.481 e. The highest BCUT2D eigenvalue weighted by atomic mass is 19.4. The van der Waals surface area contributed by atoms with Crippen LogP contribution in [-0.4, -0.2) is 34.9 Å². The quantitative estimate of drug-likeness (QED) is 0.873. The summed E-state index contributed by atoms with van der Waals surface area (Å²) in [6.45, 7) is 0.377. The fourth-order valence-corrected chi connectivity index (χ4v) is 2.84. The SMILES string of the molecule is CN(Cc1cccc(OC(F)(F)F)c1)C1(CC(=O)O)CCC1.